The zero-order valence-electron chi connectivity index (χ0n) is 10.4. The van der Waals surface area contributed by atoms with Gasteiger partial charge in [-0.3, -0.25) is 9.78 Å². The fourth-order valence-electron chi connectivity index (χ4n) is 1.68. The highest BCUT2D eigenvalue weighted by molar-refractivity contribution is 6.30. The van der Waals surface area contributed by atoms with Crippen LogP contribution in [0.5, 0.6) is 0 Å². The number of halogens is 3. The van der Waals surface area contributed by atoms with Gasteiger partial charge in [-0.05, 0) is 18.2 Å². The standard InChI is InChI=1S/C13H10ClF2N3O/c1-19(12-2-3-18-6-11(12)17)13(20)7-4-10(16)8(14)5-9(7)15/h2-6H,17H2,1H3. The van der Waals surface area contributed by atoms with Crippen molar-refractivity contribution in [3.05, 3.63) is 52.8 Å². The number of amides is 1. The quantitative estimate of drug-likeness (QED) is 0.867. The van der Waals surface area contributed by atoms with Crippen molar-refractivity contribution in [1.82, 2.24) is 4.98 Å². The number of aromatic nitrogens is 1. The summed E-state index contributed by atoms with van der Waals surface area (Å²) in [5, 5.41) is -0.384. The number of pyridine rings is 1. The molecule has 2 aromatic rings. The van der Waals surface area contributed by atoms with Gasteiger partial charge in [-0.2, -0.15) is 0 Å². The number of benzene rings is 1. The minimum Gasteiger partial charge on any atom is -0.396 e. The lowest BCUT2D eigenvalue weighted by atomic mass is 10.1. The normalized spacial score (nSPS) is 10.4. The van der Waals surface area contributed by atoms with Gasteiger partial charge < -0.3 is 10.6 Å². The fraction of sp³-hybridized carbons (Fsp3) is 0.0769. The first-order valence-corrected chi connectivity index (χ1v) is 5.91. The molecule has 1 heterocycles. The molecule has 7 heteroatoms. The van der Waals surface area contributed by atoms with E-state index in [1.807, 2.05) is 0 Å². The molecule has 0 saturated carbocycles. The van der Waals surface area contributed by atoms with Crippen LogP contribution in [-0.4, -0.2) is 17.9 Å². The van der Waals surface area contributed by atoms with Gasteiger partial charge in [0.05, 0.1) is 28.2 Å². The van der Waals surface area contributed by atoms with Gasteiger partial charge in [0.1, 0.15) is 11.6 Å². The molecule has 1 aromatic heterocycles. The highest BCUT2D eigenvalue weighted by Crippen LogP contribution is 2.25. The highest BCUT2D eigenvalue weighted by atomic mass is 35.5. The van der Waals surface area contributed by atoms with Crippen LogP contribution in [0.1, 0.15) is 10.4 Å². The van der Waals surface area contributed by atoms with E-state index in [-0.39, 0.29) is 10.7 Å². The second-order valence-corrected chi connectivity index (χ2v) is 4.45. The van der Waals surface area contributed by atoms with Crippen LogP contribution in [-0.2, 0) is 0 Å². The predicted molar refractivity (Wildman–Crippen MR) is 72.8 cm³/mol. The van der Waals surface area contributed by atoms with Gasteiger partial charge in [0.2, 0.25) is 0 Å². The van der Waals surface area contributed by atoms with Gasteiger partial charge in [-0.25, -0.2) is 8.78 Å². The number of carbonyl (C=O) groups excluding carboxylic acids is 1. The number of rotatable bonds is 2. The maximum absolute atomic E-state index is 13.7. The zero-order chi connectivity index (χ0) is 14.9. The molecule has 0 aliphatic carbocycles. The van der Waals surface area contributed by atoms with Crippen LogP contribution in [0.4, 0.5) is 20.2 Å². The third-order valence-electron chi connectivity index (χ3n) is 2.73. The van der Waals surface area contributed by atoms with Crippen molar-refractivity contribution in [3.8, 4) is 0 Å². The highest BCUT2D eigenvalue weighted by Gasteiger charge is 2.21. The third kappa shape index (κ3) is 2.55. The zero-order valence-corrected chi connectivity index (χ0v) is 11.2. The van der Waals surface area contributed by atoms with Crippen molar-refractivity contribution in [3.63, 3.8) is 0 Å². The molecule has 0 aliphatic rings. The second-order valence-electron chi connectivity index (χ2n) is 4.04. The van der Waals surface area contributed by atoms with E-state index >= 15 is 0 Å². The van der Waals surface area contributed by atoms with Crippen LogP contribution < -0.4 is 10.6 Å². The molecule has 1 amide bonds. The van der Waals surface area contributed by atoms with Crippen molar-refractivity contribution >= 4 is 28.9 Å². The fourth-order valence-corrected chi connectivity index (χ4v) is 1.83. The summed E-state index contributed by atoms with van der Waals surface area (Å²) in [6, 6.07) is 3.01. The van der Waals surface area contributed by atoms with Gasteiger partial charge in [0, 0.05) is 13.2 Å². The molecule has 20 heavy (non-hydrogen) atoms. The smallest absolute Gasteiger partial charge is 0.261 e. The minimum absolute atomic E-state index is 0.248. The first kappa shape index (κ1) is 14.2. The Morgan fingerprint density at radius 2 is 2.05 bits per heavy atom. The molecule has 0 saturated heterocycles. The van der Waals surface area contributed by atoms with E-state index in [1.165, 1.54) is 25.5 Å². The lowest BCUT2D eigenvalue weighted by Gasteiger charge is -2.19. The number of hydrogen-bond donors (Lipinski definition) is 1. The maximum Gasteiger partial charge on any atom is 0.261 e. The van der Waals surface area contributed by atoms with E-state index in [9.17, 15) is 13.6 Å². The molecule has 4 nitrogen and oxygen atoms in total. The predicted octanol–water partition coefficient (Wildman–Crippen LogP) is 2.87. The number of nitrogens with two attached hydrogens (primary N) is 1. The van der Waals surface area contributed by atoms with Crippen molar-refractivity contribution in [2.75, 3.05) is 17.7 Å². The number of hydrogen-bond acceptors (Lipinski definition) is 3. The Morgan fingerprint density at radius 1 is 1.35 bits per heavy atom. The lowest BCUT2D eigenvalue weighted by molar-refractivity contribution is 0.0988. The summed E-state index contributed by atoms with van der Waals surface area (Å²) in [4.78, 5) is 17.1. The molecule has 0 spiro atoms. The summed E-state index contributed by atoms with van der Waals surface area (Å²) < 4.78 is 27.1. The average Bonchev–Trinajstić information content (AvgIpc) is 2.42. The largest absolute Gasteiger partial charge is 0.396 e. The molecule has 2 rings (SSSR count). The molecule has 0 bridgehead atoms. The van der Waals surface area contributed by atoms with Crippen molar-refractivity contribution in [1.29, 1.82) is 0 Å². The van der Waals surface area contributed by atoms with Crippen molar-refractivity contribution in [2.24, 2.45) is 0 Å². The second kappa shape index (κ2) is 5.42. The van der Waals surface area contributed by atoms with E-state index in [0.29, 0.717) is 5.69 Å². The molecule has 0 aliphatic heterocycles. The summed E-state index contributed by atoms with van der Waals surface area (Å²) >= 11 is 5.44. The number of carbonyl (C=O) groups is 1. The first-order valence-electron chi connectivity index (χ1n) is 5.54. The summed E-state index contributed by atoms with van der Waals surface area (Å²) in [5.74, 6) is -2.51. The number of anilines is 2. The van der Waals surface area contributed by atoms with E-state index in [2.05, 4.69) is 4.98 Å². The van der Waals surface area contributed by atoms with Crippen molar-refractivity contribution in [2.45, 2.75) is 0 Å². The van der Waals surface area contributed by atoms with Crippen LogP contribution >= 0.6 is 11.6 Å². The first-order chi connectivity index (χ1) is 9.41. The SMILES string of the molecule is CN(C(=O)c1cc(F)c(Cl)cc1F)c1ccncc1N. The molecule has 1 aromatic carbocycles. The molecule has 0 atom stereocenters. The molecule has 0 radical (unpaired) electrons. The Bertz CT molecular complexity index is 679. The molecule has 0 fully saturated rings. The minimum atomic E-state index is -0.902. The number of nitrogen functional groups attached to an aromatic ring is 1. The van der Waals surface area contributed by atoms with Gasteiger partial charge in [0.25, 0.3) is 5.91 Å². The van der Waals surface area contributed by atoms with E-state index in [4.69, 9.17) is 17.3 Å². The van der Waals surface area contributed by atoms with E-state index < -0.39 is 23.1 Å². The molecular formula is C13H10ClF2N3O. The topological polar surface area (TPSA) is 59.2 Å². The van der Waals surface area contributed by atoms with E-state index in [0.717, 1.165) is 17.0 Å². The summed E-state index contributed by atoms with van der Waals surface area (Å²) in [5.41, 5.74) is 5.85. The Hall–Kier alpha value is -2.21. The summed E-state index contributed by atoms with van der Waals surface area (Å²) in [7, 11) is 1.40. The van der Waals surface area contributed by atoms with Crippen LogP contribution in [0.2, 0.25) is 5.02 Å². The average molecular weight is 298 g/mol. The van der Waals surface area contributed by atoms with Gasteiger partial charge in [0.15, 0.2) is 0 Å². The van der Waals surface area contributed by atoms with E-state index in [1.54, 1.807) is 0 Å². The van der Waals surface area contributed by atoms with Crippen LogP contribution in [0, 0.1) is 11.6 Å². The Kier molecular flexibility index (Phi) is 3.85. The monoisotopic (exact) mass is 297 g/mol. The van der Waals surface area contributed by atoms with Gasteiger partial charge in [-0.15, -0.1) is 0 Å². The summed E-state index contributed by atoms with van der Waals surface area (Å²) in [6.45, 7) is 0. The van der Waals surface area contributed by atoms with Crippen LogP contribution in [0.15, 0.2) is 30.6 Å². The molecule has 2 N–H and O–H groups in total. The maximum atomic E-state index is 13.7. The molecule has 0 unspecified atom stereocenters. The lowest BCUT2D eigenvalue weighted by Crippen LogP contribution is -2.28. The van der Waals surface area contributed by atoms with Gasteiger partial charge >= 0.3 is 0 Å². The van der Waals surface area contributed by atoms with Crippen LogP contribution in [0.25, 0.3) is 0 Å². The Balaban J connectivity index is 2.42. The van der Waals surface area contributed by atoms with Crippen LogP contribution in [0.3, 0.4) is 0 Å². The number of nitrogens with zero attached hydrogens (tertiary/aromatic N) is 2. The molecule has 104 valence electrons. The molecular weight excluding hydrogens is 288 g/mol. The van der Waals surface area contributed by atoms with Gasteiger partial charge in [-0.1, -0.05) is 11.6 Å². The van der Waals surface area contributed by atoms with Crippen molar-refractivity contribution < 1.29 is 13.6 Å². The Labute approximate surface area is 118 Å². The Morgan fingerprint density at radius 3 is 2.70 bits per heavy atom. The third-order valence-corrected chi connectivity index (χ3v) is 3.02. The summed E-state index contributed by atoms with van der Waals surface area (Å²) in [6.07, 6.45) is 2.80.